The number of ether oxygens (including phenoxy) is 1. The molecule has 2 atom stereocenters. The third-order valence-corrected chi connectivity index (χ3v) is 4.43. The Morgan fingerprint density at radius 1 is 1.20 bits per heavy atom. The highest BCUT2D eigenvalue weighted by atomic mass is 19.4. The molecular formula is C20H26F3N3O4. The molecule has 166 valence electrons. The van der Waals surface area contributed by atoms with E-state index in [1.54, 1.807) is 20.8 Å². The standard InChI is InChI=1S/C20H26F3N3O4/c1-12-8-15(11-26(12)18(29)30-19(2,3)4)25-16(27)10-24-17(28)13-6-5-7-14(9-13)20(21,22)23/h5-7,9,12,15H,8,10-11H2,1-4H3,(H,24,28)(H,25,27)/t12-,15?/m0/s1. The van der Waals surface area contributed by atoms with Crippen molar-refractivity contribution in [3.8, 4) is 0 Å². The zero-order valence-corrected chi connectivity index (χ0v) is 17.3. The van der Waals surface area contributed by atoms with Crippen molar-refractivity contribution < 1.29 is 32.3 Å². The minimum absolute atomic E-state index is 0.134. The summed E-state index contributed by atoms with van der Waals surface area (Å²) in [6.07, 6.45) is -4.51. The average molecular weight is 429 g/mol. The number of likely N-dealkylation sites (tertiary alicyclic amines) is 1. The Hall–Kier alpha value is -2.78. The Morgan fingerprint density at radius 2 is 1.87 bits per heavy atom. The first-order valence-corrected chi connectivity index (χ1v) is 9.50. The molecular weight excluding hydrogens is 403 g/mol. The van der Waals surface area contributed by atoms with E-state index < -0.39 is 41.8 Å². The number of rotatable bonds is 4. The number of benzene rings is 1. The van der Waals surface area contributed by atoms with Crippen LogP contribution in [0.15, 0.2) is 24.3 Å². The first-order valence-electron chi connectivity index (χ1n) is 9.50. The minimum atomic E-state index is -4.56. The number of carbonyl (C=O) groups is 3. The summed E-state index contributed by atoms with van der Waals surface area (Å²) in [4.78, 5) is 37.9. The highest BCUT2D eigenvalue weighted by Gasteiger charge is 2.35. The molecule has 1 saturated heterocycles. The molecule has 2 rings (SSSR count). The van der Waals surface area contributed by atoms with Crippen molar-refractivity contribution in [1.29, 1.82) is 0 Å². The normalized spacial score (nSPS) is 19.4. The van der Waals surface area contributed by atoms with Crippen LogP contribution in [0.5, 0.6) is 0 Å². The molecule has 1 heterocycles. The highest BCUT2D eigenvalue weighted by molar-refractivity contribution is 5.96. The summed E-state index contributed by atoms with van der Waals surface area (Å²) in [6, 6.07) is 3.50. The Labute approximate surface area is 172 Å². The third kappa shape index (κ3) is 6.64. The van der Waals surface area contributed by atoms with Crippen LogP contribution in [-0.4, -0.2) is 53.6 Å². The van der Waals surface area contributed by atoms with Gasteiger partial charge in [-0.3, -0.25) is 9.59 Å². The number of hydrogen-bond acceptors (Lipinski definition) is 4. The van der Waals surface area contributed by atoms with E-state index in [1.807, 2.05) is 6.92 Å². The molecule has 0 aliphatic carbocycles. The molecule has 0 spiro atoms. The van der Waals surface area contributed by atoms with E-state index in [4.69, 9.17) is 4.74 Å². The summed E-state index contributed by atoms with van der Waals surface area (Å²) >= 11 is 0. The first kappa shape index (κ1) is 23.5. The Kier molecular flexibility index (Phi) is 6.99. The molecule has 0 radical (unpaired) electrons. The minimum Gasteiger partial charge on any atom is -0.444 e. The van der Waals surface area contributed by atoms with Crippen LogP contribution in [-0.2, 0) is 15.7 Å². The van der Waals surface area contributed by atoms with Crippen molar-refractivity contribution >= 4 is 17.9 Å². The fourth-order valence-electron chi connectivity index (χ4n) is 3.09. The molecule has 1 aliphatic heterocycles. The molecule has 3 amide bonds. The van der Waals surface area contributed by atoms with Gasteiger partial charge in [0.2, 0.25) is 5.91 Å². The van der Waals surface area contributed by atoms with Crippen LogP contribution >= 0.6 is 0 Å². The van der Waals surface area contributed by atoms with Gasteiger partial charge in [0.05, 0.1) is 12.1 Å². The van der Waals surface area contributed by atoms with Gasteiger partial charge in [-0.2, -0.15) is 13.2 Å². The van der Waals surface area contributed by atoms with Gasteiger partial charge in [-0.1, -0.05) is 6.07 Å². The molecule has 1 unspecified atom stereocenters. The van der Waals surface area contributed by atoms with Crippen LogP contribution in [0, 0.1) is 0 Å². The Balaban J connectivity index is 1.85. The van der Waals surface area contributed by atoms with Gasteiger partial charge in [0.15, 0.2) is 0 Å². The molecule has 0 saturated carbocycles. The van der Waals surface area contributed by atoms with Gasteiger partial charge in [-0.05, 0) is 52.3 Å². The SMILES string of the molecule is C[C@H]1CC(NC(=O)CNC(=O)c2cccc(C(F)(F)F)c2)CN1C(=O)OC(C)(C)C. The Morgan fingerprint density at radius 3 is 2.47 bits per heavy atom. The van der Waals surface area contributed by atoms with Gasteiger partial charge in [0.1, 0.15) is 5.60 Å². The van der Waals surface area contributed by atoms with Crippen LogP contribution < -0.4 is 10.6 Å². The predicted molar refractivity (Wildman–Crippen MR) is 103 cm³/mol. The van der Waals surface area contributed by atoms with Crippen LogP contribution in [0.25, 0.3) is 0 Å². The molecule has 2 N–H and O–H groups in total. The molecule has 1 aromatic rings. The van der Waals surface area contributed by atoms with Gasteiger partial charge in [0.25, 0.3) is 5.91 Å². The number of halogens is 3. The average Bonchev–Trinajstić information content (AvgIpc) is 2.98. The van der Waals surface area contributed by atoms with Gasteiger partial charge >= 0.3 is 12.3 Å². The lowest BCUT2D eigenvalue weighted by molar-refractivity contribution is -0.137. The highest BCUT2D eigenvalue weighted by Crippen LogP contribution is 2.29. The molecule has 1 fully saturated rings. The van der Waals surface area contributed by atoms with Crippen LogP contribution in [0.1, 0.15) is 50.0 Å². The van der Waals surface area contributed by atoms with Crippen molar-refractivity contribution in [2.24, 2.45) is 0 Å². The lowest BCUT2D eigenvalue weighted by Gasteiger charge is -2.26. The van der Waals surface area contributed by atoms with Crippen LogP contribution in [0.2, 0.25) is 0 Å². The van der Waals surface area contributed by atoms with Gasteiger partial charge in [-0.15, -0.1) is 0 Å². The van der Waals surface area contributed by atoms with Crippen molar-refractivity contribution in [2.45, 2.75) is 58.0 Å². The van der Waals surface area contributed by atoms with E-state index in [0.29, 0.717) is 6.42 Å². The molecule has 30 heavy (non-hydrogen) atoms. The summed E-state index contributed by atoms with van der Waals surface area (Å²) < 4.78 is 43.6. The second-order valence-corrected chi connectivity index (χ2v) is 8.24. The van der Waals surface area contributed by atoms with E-state index in [9.17, 15) is 27.6 Å². The topological polar surface area (TPSA) is 87.7 Å². The van der Waals surface area contributed by atoms with E-state index in [-0.39, 0.29) is 24.2 Å². The zero-order valence-electron chi connectivity index (χ0n) is 17.3. The second kappa shape index (κ2) is 8.93. The number of nitrogens with one attached hydrogen (secondary N) is 2. The smallest absolute Gasteiger partial charge is 0.416 e. The third-order valence-electron chi connectivity index (χ3n) is 4.43. The molecule has 1 aromatic carbocycles. The van der Waals surface area contributed by atoms with Gasteiger partial charge in [-0.25, -0.2) is 4.79 Å². The van der Waals surface area contributed by atoms with E-state index in [0.717, 1.165) is 18.2 Å². The summed E-state index contributed by atoms with van der Waals surface area (Å²) in [5.41, 5.74) is -1.77. The van der Waals surface area contributed by atoms with Gasteiger partial charge in [0, 0.05) is 24.2 Å². The predicted octanol–water partition coefficient (Wildman–Crippen LogP) is 2.95. The second-order valence-electron chi connectivity index (χ2n) is 8.24. The maximum absolute atomic E-state index is 12.8. The number of amides is 3. The van der Waals surface area contributed by atoms with Crippen LogP contribution in [0.3, 0.4) is 0 Å². The number of hydrogen-bond donors (Lipinski definition) is 2. The fourth-order valence-corrected chi connectivity index (χ4v) is 3.09. The molecule has 10 heteroatoms. The molecule has 0 aromatic heterocycles. The van der Waals surface area contributed by atoms with Crippen LogP contribution in [0.4, 0.5) is 18.0 Å². The van der Waals surface area contributed by atoms with E-state index in [1.165, 1.54) is 11.0 Å². The lowest BCUT2D eigenvalue weighted by Crippen LogP contribution is -2.44. The number of nitrogens with zero attached hydrogens (tertiary/aromatic N) is 1. The molecule has 7 nitrogen and oxygen atoms in total. The number of alkyl halides is 3. The lowest BCUT2D eigenvalue weighted by atomic mass is 10.1. The van der Waals surface area contributed by atoms with Gasteiger partial charge < -0.3 is 20.3 Å². The maximum atomic E-state index is 12.8. The van der Waals surface area contributed by atoms with E-state index >= 15 is 0 Å². The van der Waals surface area contributed by atoms with Crippen molar-refractivity contribution in [2.75, 3.05) is 13.1 Å². The van der Waals surface area contributed by atoms with Crippen molar-refractivity contribution in [1.82, 2.24) is 15.5 Å². The molecule has 1 aliphatic rings. The monoisotopic (exact) mass is 429 g/mol. The number of carbonyl (C=O) groups excluding carboxylic acids is 3. The fraction of sp³-hybridized carbons (Fsp3) is 0.550. The molecule has 0 bridgehead atoms. The largest absolute Gasteiger partial charge is 0.444 e. The summed E-state index contributed by atoms with van der Waals surface area (Å²) in [6.45, 7) is 7.00. The summed E-state index contributed by atoms with van der Waals surface area (Å²) in [5.74, 6) is -1.29. The van der Waals surface area contributed by atoms with Crippen molar-refractivity contribution in [3.05, 3.63) is 35.4 Å². The summed E-state index contributed by atoms with van der Waals surface area (Å²) in [5, 5.41) is 5.02. The summed E-state index contributed by atoms with van der Waals surface area (Å²) in [7, 11) is 0. The van der Waals surface area contributed by atoms with Crippen molar-refractivity contribution in [3.63, 3.8) is 0 Å². The van der Waals surface area contributed by atoms with E-state index in [2.05, 4.69) is 10.6 Å². The first-order chi connectivity index (χ1) is 13.8. The Bertz CT molecular complexity index is 805. The maximum Gasteiger partial charge on any atom is 0.416 e. The quantitative estimate of drug-likeness (QED) is 0.771. The zero-order chi connectivity index (χ0) is 22.7.